The summed E-state index contributed by atoms with van der Waals surface area (Å²) in [6.45, 7) is 1.86. The second kappa shape index (κ2) is 8.73. The Hall–Kier alpha value is -4.03. The number of hydrogen-bond donors (Lipinski definition) is 1. The smallest absolute Gasteiger partial charge is 0.240 e. The van der Waals surface area contributed by atoms with Gasteiger partial charge in [-0.15, -0.1) is 0 Å². The highest BCUT2D eigenvalue weighted by molar-refractivity contribution is 6.35. The number of fused-ring (bicyclic) bond motifs is 7. The summed E-state index contributed by atoms with van der Waals surface area (Å²) < 4.78 is 12.5. The third-order valence-corrected chi connectivity index (χ3v) is 9.17. The second-order valence-electron chi connectivity index (χ2n) is 10.9. The minimum absolute atomic E-state index is 0.167. The molecule has 1 N–H and O–H groups in total. The highest BCUT2D eigenvalue weighted by atomic mass is 35.5. The summed E-state index contributed by atoms with van der Waals surface area (Å²) in [6, 6.07) is 20.2. The van der Waals surface area contributed by atoms with E-state index in [1.807, 2.05) is 24.3 Å². The zero-order chi connectivity index (χ0) is 27.8. The lowest BCUT2D eigenvalue weighted by Crippen LogP contribution is -2.49. The summed E-state index contributed by atoms with van der Waals surface area (Å²) in [7, 11) is 0. The Kier molecular flexibility index (Phi) is 5.45. The number of ether oxygens (including phenoxy) is 2. The summed E-state index contributed by atoms with van der Waals surface area (Å²) in [4.78, 5) is 33.5. The van der Waals surface area contributed by atoms with Gasteiger partial charge in [0, 0.05) is 29.8 Å². The van der Waals surface area contributed by atoms with E-state index in [2.05, 4.69) is 11.1 Å². The molecule has 3 aromatic carbocycles. The Morgan fingerprint density at radius 2 is 1.88 bits per heavy atom. The van der Waals surface area contributed by atoms with Crippen molar-refractivity contribution in [1.82, 2.24) is 4.98 Å². The number of aliphatic hydroxyl groups excluding tert-OH is 1. The fourth-order valence-electron chi connectivity index (χ4n) is 6.99. The van der Waals surface area contributed by atoms with Crippen LogP contribution in [0.1, 0.15) is 25.3 Å². The van der Waals surface area contributed by atoms with Crippen LogP contribution >= 0.6 is 11.6 Å². The first kappa shape index (κ1) is 25.0. The molecule has 0 saturated carbocycles. The number of halogens is 1. The lowest BCUT2D eigenvalue weighted by atomic mass is 9.66. The molecule has 3 aliphatic rings. The van der Waals surface area contributed by atoms with Gasteiger partial charge in [0.25, 0.3) is 0 Å². The molecule has 4 aromatic rings. The van der Waals surface area contributed by atoms with E-state index >= 15 is 0 Å². The lowest BCUT2D eigenvalue weighted by Gasteiger charge is -2.33. The third kappa shape index (κ3) is 3.29. The van der Waals surface area contributed by atoms with Crippen molar-refractivity contribution < 1.29 is 24.2 Å². The molecule has 3 saturated heterocycles. The Balaban J connectivity index is 1.23. The molecule has 3 fully saturated rings. The molecule has 8 nitrogen and oxygen atoms in total. The molecule has 3 aliphatic heterocycles. The van der Waals surface area contributed by atoms with Crippen molar-refractivity contribution >= 4 is 50.8 Å². The number of imide groups is 1. The normalized spacial score (nSPS) is 28.9. The molecule has 9 heteroatoms. The molecule has 0 aliphatic carbocycles. The maximum absolute atomic E-state index is 14.1. The molecular formula is C31H24ClN3O5. The fraction of sp³-hybridized carbons (Fsp3) is 0.290. The molecule has 0 spiro atoms. The van der Waals surface area contributed by atoms with Crippen LogP contribution < -0.4 is 9.64 Å². The zero-order valence-electron chi connectivity index (χ0n) is 21.5. The van der Waals surface area contributed by atoms with Crippen LogP contribution in [0.2, 0.25) is 5.02 Å². The minimum atomic E-state index is -1.23. The van der Waals surface area contributed by atoms with Gasteiger partial charge in [0.2, 0.25) is 11.8 Å². The van der Waals surface area contributed by atoms with Gasteiger partial charge in [-0.05, 0) is 42.6 Å². The number of carbonyl (C=O) groups excluding carboxylic acids is 2. The van der Waals surface area contributed by atoms with Gasteiger partial charge < -0.3 is 14.6 Å². The molecule has 1 aromatic heterocycles. The Bertz CT molecular complexity index is 1790. The third-order valence-electron chi connectivity index (χ3n) is 8.84. The predicted octanol–water partition coefficient (Wildman–Crippen LogP) is 4.78. The predicted molar refractivity (Wildman–Crippen MR) is 148 cm³/mol. The summed E-state index contributed by atoms with van der Waals surface area (Å²) in [5.74, 6) is -2.03. The minimum Gasteiger partial charge on any atom is -0.491 e. The van der Waals surface area contributed by atoms with Crippen LogP contribution in [0.3, 0.4) is 0 Å². The van der Waals surface area contributed by atoms with Gasteiger partial charge in [0.15, 0.2) is 0 Å². The van der Waals surface area contributed by atoms with E-state index < -0.39 is 41.0 Å². The highest BCUT2D eigenvalue weighted by Gasteiger charge is 2.77. The standard InChI is InChI=1S/C31H24ClN3O5/c1-30-24(36)15-31(40-30,12-14-39-23-11-9-21(32)19-7-4-13-34-27(19)23)26-25(30)28(37)35(29(26)38)22-10-8-17-5-2-3-6-18(17)20(22)16-33/h2-11,13,24-26,36H,12,14-15H2,1H3. The largest absolute Gasteiger partial charge is 0.491 e. The monoisotopic (exact) mass is 553 g/mol. The average molecular weight is 554 g/mol. The van der Waals surface area contributed by atoms with Gasteiger partial charge in [0.05, 0.1) is 46.4 Å². The molecule has 5 atom stereocenters. The van der Waals surface area contributed by atoms with E-state index in [0.29, 0.717) is 21.7 Å². The first-order valence-electron chi connectivity index (χ1n) is 13.1. The number of pyridine rings is 1. The lowest BCUT2D eigenvalue weighted by molar-refractivity contribution is -0.134. The van der Waals surface area contributed by atoms with Crippen LogP contribution in [0.4, 0.5) is 5.69 Å². The van der Waals surface area contributed by atoms with E-state index in [1.54, 1.807) is 49.5 Å². The molecular weight excluding hydrogens is 530 g/mol. The van der Waals surface area contributed by atoms with Crippen molar-refractivity contribution in [1.29, 1.82) is 5.26 Å². The first-order chi connectivity index (χ1) is 19.3. The number of nitrogens with zero attached hydrogens (tertiary/aromatic N) is 3. The van der Waals surface area contributed by atoms with Crippen molar-refractivity contribution in [2.45, 2.75) is 37.1 Å². The summed E-state index contributed by atoms with van der Waals surface area (Å²) in [6.07, 6.45) is 1.19. The Morgan fingerprint density at radius 3 is 2.70 bits per heavy atom. The molecule has 40 heavy (non-hydrogen) atoms. The quantitative estimate of drug-likeness (QED) is 0.354. The molecule has 2 bridgehead atoms. The Labute approximate surface area is 234 Å². The van der Waals surface area contributed by atoms with E-state index in [0.717, 1.165) is 15.7 Å². The van der Waals surface area contributed by atoms with Crippen LogP contribution in [0, 0.1) is 23.2 Å². The van der Waals surface area contributed by atoms with E-state index in [-0.39, 0.29) is 30.7 Å². The highest BCUT2D eigenvalue weighted by Crippen LogP contribution is 2.62. The fourth-order valence-corrected chi connectivity index (χ4v) is 7.20. The van der Waals surface area contributed by atoms with Gasteiger partial charge >= 0.3 is 0 Å². The molecule has 200 valence electrons. The number of benzene rings is 3. The summed E-state index contributed by atoms with van der Waals surface area (Å²) in [5, 5.41) is 23.9. The van der Waals surface area contributed by atoms with Crippen LogP contribution in [0.25, 0.3) is 21.7 Å². The van der Waals surface area contributed by atoms with Gasteiger partial charge in [0.1, 0.15) is 22.9 Å². The second-order valence-corrected chi connectivity index (χ2v) is 11.3. The van der Waals surface area contributed by atoms with Crippen molar-refractivity contribution in [2.75, 3.05) is 11.5 Å². The molecule has 7 rings (SSSR count). The van der Waals surface area contributed by atoms with Crippen molar-refractivity contribution in [3.8, 4) is 11.8 Å². The average Bonchev–Trinajstić information content (AvgIpc) is 3.50. The van der Waals surface area contributed by atoms with Gasteiger partial charge in [-0.25, -0.2) is 4.90 Å². The molecule has 5 unspecified atom stereocenters. The maximum Gasteiger partial charge on any atom is 0.240 e. The van der Waals surface area contributed by atoms with Crippen molar-refractivity contribution in [2.24, 2.45) is 11.8 Å². The number of rotatable bonds is 5. The zero-order valence-corrected chi connectivity index (χ0v) is 22.3. The van der Waals surface area contributed by atoms with Crippen LogP contribution in [0.15, 0.2) is 66.9 Å². The van der Waals surface area contributed by atoms with E-state index in [1.165, 1.54) is 0 Å². The van der Waals surface area contributed by atoms with Gasteiger partial charge in [-0.1, -0.05) is 41.9 Å². The van der Waals surface area contributed by atoms with E-state index in [9.17, 15) is 20.0 Å². The van der Waals surface area contributed by atoms with Crippen LogP contribution in [-0.2, 0) is 14.3 Å². The van der Waals surface area contributed by atoms with Crippen molar-refractivity contribution in [3.63, 3.8) is 0 Å². The number of anilines is 1. The van der Waals surface area contributed by atoms with Gasteiger partial charge in [-0.3, -0.25) is 14.6 Å². The number of carbonyl (C=O) groups is 2. The molecule has 2 amide bonds. The van der Waals surface area contributed by atoms with Crippen LogP contribution in [-0.4, -0.2) is 45.8 Å². The van der Waals surface area contributed by atoms with E-state index in [4.69, 9.17) is 21.1 Å². The van der Waals surface area contributed by atoms with Crippen LogP contribution in [0.5, 0.6) is 5.75 Å². The number of amides is 2. The maximum atomic E-state index is 14.1. The summed E-state index contributed by atoms with van der Waals surface area (Å²) >= 11 is 6.32. The van der Waals surface area contributed by atoms with Gasteiger partial charge in [-0.2, -0.15) is 5.26 Å². The number of hydrogen-bond acceptors (Lipinski definition) is 7. The first-order valence-corrected chi connectivity index (χ1v) is 13.5. The number of aliphatic hydroxyl groups is 1. The van der Waals surface area contributed by atoms with Crippen molar-refractivity contribution in [3.05, 3.63) is 77.4 Å². The number of aromatic nitrogens is 1. The topological polar surface area (TPSA) is 113 Å². The summed E-state index contributed by atoms with van der Waals surface area (Å²) in [5.41, 5.74) is -1.19. The molecule has 0 radical (unpaired) electrons. The number of nitriles is 1. The Morgan fingerprint density at radius 1 is 1.10 bits per heavy atom. The molecule has 4 heterocycles. The SMILES string of the molecule is CC12OC(CCOc3ccc(Cl)c4cccnc34)(CC1O)C1C(=O)N(c3ccc4ccccc4c3C#N)C(=O)C12.